The van der Waals surface area contributed by atoms with Crippen molar-refractivity contribution in [2.75, 3.05) is 0 Å². The second kappa shape index (κ2) is 6.94. The number of benzene rings is 1. The Morgan fingerprint density at radius 3 is 2.48 bits per heavy atom. The zero-order valence-electron chi connectivity index (χ0n) is 13.9. The van der Waals surface area contributed by atoms with Gasteiger partial charge in [0.05, 0.1) is 6.10 Å². The summed E-state index contributed by atoms with van der Waals surface area (Å²) in [4.78, 5) is 11.5. The summed E-state index contributed by atoms with van der Waals surface area (Å²) in [6.45, 7) is 11.5. The monoisotopic (exact) mass is 293 g/mol. The van der Waals surface area contributed by atoms with Crippen molar-refractivity contribution in [2.45, 2.75) is 65.6 Å². The summed E-state index contributed by atoms with van der Waals surface area (Å²) in [5.74, 6) is -0.0348. The predicted molar refractivity (Wildman–Crippen MR) is 84.9 cm³/mol. The average molecular weight is 293 g/mol. The lowest BCUT2D eigenvalue weighted by molar-refractivity contribution is -0.145. The predicted octanol–water partition coefficient (Wildman–Crippen LogP) is 3.30. The van der Waals surface area contributed by atoms with Gasteiger partial charge in [0, 0.05) is 12.5 Å². The highest BCUT2D eigenvalue weighted by molar-refractivity contribution is 5.78. The molecule has 0 aliphatic rings. The number of hydrogen-bond donors (Lipinski definition) is 2. The van der Waals surface area contributed by atoms with E-state index in [4.69, 9.17) is 4.74 Å². The molecular formula is C17H27NO3. The lowest BCUT2D eigenvalue weighted by Crippen LogP contribution is -2.54. The van der Waals surface area contributed by atoms with Gasteiger partial charge in [0.15, 0.2) is 0 Å². The summed E-state index contributed by atoms with van der Waals surface area (Å²) >= 11 is 0. The zero-order chi connectivity index (χ0) is 16.2. The smallest absolute Gasteiger partial charge is 0.323 e. The van der Waals surface area contributed by atoms with E-state index < -0.39 is 11.5 Å². The van der Waals surface area contributed by atoms with Crippen LogP contribution in [0.4, 0.5) is 0 Å². The van der Waals surface area contributed by atoms with Gasteiger partial charge in [0.2, 0.25) is 0 Å². The molecule has 0 saturated heterocycles. The number of ether oxygens (including phenoxy) is 1. The van der Waals surface area contributed by atoms with Crippen LogP contribution in [0.1, 0.15) is 45.2 Å². The Balaban J connectivity index is 2.81. The van der Waals surface area contributed by atoms with Crippen LogP contribution in [0.2, 0.25) is 0 Å². The molecule has 2 unspecified atom stereocenters. The maximum atomic E-state index is 11.5. The van der Waals surface area contributed by atoms with Crippen LogP contribution in [-0.4, -0.2) is 28.8 Å². The molecule has 4 heteroatoms. The summed E-state index contributed by atoms with van der Waals surface area (Å²) < 4.78 is 5.95. The standard InChI is InChI=1S/C17H27NO3/c1-11(2)18-17(6,16(19)20)10-14(5)21-15-9-12(3)7-8-13(15)4/h7-9,11,14,18H,10H2,1-6H3,(H,19,20). The van der Waals surface area contributed by atoms with Gasteiger partial charge in [-0.15, -0.1) is 0 Å². The molecule has 0 aromatic heterocycles. The molecule has 0 aliphatic carbocycles. The largest absolute Gasteiger partial charge is 0.490 e. The lowest BCUT2D eigenvalue weighted by atomic mass is 9.94. The molecular weight excluding hydrogens is 266 g/mol. The molecule has 1 rings (SSSR count). The zero-order valence-corrected chi connectivity index (χ0v) is 13.9. The highest BCUT2D eigenvalue weighted by atomic mass is 16.5. The second-order valence-corrected chi connectivity index (χ2v) is 6.34. The number of nitrogens with one attached hydrogen (secondary N) is 1. The number of carboxylic acids is 1. The summed E-state index contributed by atoms with van der Waals surface area (Å²) in [7, 11) is 0. The van der Waals surface area contributed by atoms with Crippen LogP contribution in [0, 0.1) is 13.8 Å². The molecule has 0 spiro atoms. The van der Waals surface area contributed by atoms with E-state index >= 15 is 0 Å². The number of hydrogen-bond acceptors (Lipinski definition) is 3. The van der Waals surface area contributed by atoms with E-state index in [1.54, 1.807) is 6.92 Å². The Morgan fingerprint density at radius 2 is 1.95 bits per heavy atom. The van der Waals surface area contributed by atoms with E-state index in [0.717, 1.165) is 16.9 Å². The van der Waals surface area contributed by atoms with E-state index in [1.165, 1.54) is 0 Å². The molecule has 0 aliphatic heterocycles. The van der Waals surface area contributed by atoms with Crippen LogP contribution in [0.5, 0.6) is 5.75 Å². The first-order valence-corrected chi connectivity index (χ1v) is 7.39. The fraction of sp³-hybridized carbons (Fsp3) is 0.588. The highest BCUT2D eigenvalue weighted by Crippen LogP contribution is 2.23. The van der Waals surface area contributed by atoms with Gasteiger partial charge < -0.3 is 9.84 Å². The Kier molecular flexibility index (Phi) is 5.78. The number of rotatable bonds is 7. The van der Waals surface area contributed by atoms with Crippen LogP contribution >= 0.6 is 0 Å². The third-order valence-corrected chi connectivity index (χ3v) is 3.45. The van der Waals surface area contributed by atoms with Crippen molar-refractivity contribution in [3.8, 4) is 5.75 Å². The van der Waals surface area contributed by atoms with Crippen LogP contribution < -0.4 is 10.1 Å². The van der Waals surface area contributed by atoms with Crippen LogP contribution in [0.25, 0.3) is 0 Å². The van der Waals surface area contributed by atoms with E-state index in [1.807, 2.05) is 52.8 Å². The molecule has 0 saturated carbocycles. The Morgan fingerprint density at radius 1 is 1.33 bits per heavy atom. The van der Waals surface area contributed by atoms with Gasteiger partial charge in [0.1, 0.15) is 11.3 Å². The van der Waals surface area contributed by atoms with Crippen molar-refractivity contribution in [1.29, 1.82) is 0 Å². The van der Waals surface area contributed by atoms with Crippen LogP contribution in [0.15, 0.2) is 18.2 Å². The number of carbonyl (C=O) groups is 1. The van der Waals surface area contributed by atoms with E-state index in [0.29, 0.717) is 6.42 Å². The molecule has 0 bridgehead atoms. The van der Waals surface area contributed by atoms with Crippen LogP contribution in [0.3, 0.4) is 0 Å². The molecule has 0 fully saturated rings. The molecule has 118 valence electrons. The fourth-order valence-corrected chi connectivity index (χ4v) is 2.51. The molecule has 0 radical (unpaired) electrons. The van der Waals surface area contributed by atoms with Crippen molar-refractivity contribution in [2.24, 2.45) is 0 Å². The molecule has 2 N–H and O–H groups in total. The summed E-state index contributed by atoms with van der Waals surface area (Å²) in [5, 5.41) is 12.6. The van der Waals surface area contributed by atoms with Gasteiger partial charge in [-0.1, -0.05) is 12.1 Å². The van der Waals surface area contributed by atoms with Gasteiger partial charge >= 0.3 is 5.97 Å². The highest BCUT2D eigenvalue weighted by Gasteiger charge is 2.35. The first-order valence-electron chi connectivity index (χ1n) is 7.39. The molecule has 21 heavy (non-hydrogen) atoms. The van der Waals surface area contributed by atoms with Gasteiger partial charge in [-0.3, -0.25) is 10.1 Å². The second-order valence-electron chi connectivity index (χ2n) is 6.34. The lowest BCUT2D eigenvalue weighted by Gasteiger charge is -2.31. The third-order valence-electron chi connectivity index (χ3n) is 3.45. The van der Waals surface area contributed by atoms with Crippen molar-refractivity contribution < 1.29 is 14.6 Å². The first kappa shape index (κ1) is 17.5. The SMILES string of the molecule is Cc1ccc(C)c(OC(C)CC(C)(NC(C)C)C(=O)O)c1. The quantitative estimate of drug-likeness (QED) is 0.810. The molecule has 4 nitrogen and oxygen atoms in total. The summed E-state index contributed by atoms with van der Waals surface area (Å²) in [6.07, 6.45) is 0.200. The van der Waals surface area contributed by atoms with Crippen molar-refractivity contribution in [1.82, 2.24) is 5.32 Å². The number of aliphatic carboxylic acids is 1. The maximum Gasteiger partial charge on any atom is 0.323 e. The van der Waals surface area contributed by atoms with Gasteiger partial charge in [-0.05, 0) is 58.7 Å². The number of carboxylic acid groups (broad SMARTS) is 1. The van der Waals surface area contributed by atoms with Gasteiger partial charge in [0.25, 0.3) is 0 Å². The van der Waals surface area contributed by atoms with Crippen LogP contribution in [-0.2, 0) is 4.79 Å². The summed E-state index contributed by atoms with van der Waals surface area (Å²) in [5.41, 5.74) is 1.19. The van der Waals surface area contributed by atoms with E-state index in [-0.39, 0.29) is 12.1 Å². The average Bonchev–Trinajstić information content (AvgIpc) is 2.32. The fourth-order valence-electron chi connectivity index (χ4n) is 2.51. The Hall–Kier alpha value is -1.55. The number of aryl methyl sites for hydroxylation is 2. The molecule has 1 aromatic carbocycles. The minimum absolute atomic E-state index is 0.0963. The normalized spacial score (nSPS) is 15.6. The van der Waals surface area contributed by atoms with E-state index in [9.17, 15) is 9.90 Å². The summed E-state index contributed by atoms with van der Waals surface area (Å²) in [6, 6.07) is 6.13. The van der Waals surface area contributed by atoms with Crippen molar-refractivity contribution in [3.05, 3.63) is 29.3 Å². The van der Waals surface area contributed by atoms with Crippen molar-refractivity contribution in [3.63, 3.8) is 0 Å². The topological polar surface area (TPSA) is 58.6 Å². The Labute approximate surface area is 127 Å². The maximum absolute atomic E-state index is 11.5. The Bertz CT molecular complexity index is 499. The molecule has 2 atom stereocenters. The van der Waals surface area contributed by atoms with E-state index in [2.05, 4.69) is 5.32 Å². The molecule has 0 heterocycles. The third kappa shape index (κ3) is 5.05. The minimum atomic E-state index is -0.995. The van der Waals surface area contributed by atoms with Crippen molar-refractivity contribution >= 4 is 5.97 Å². The first-order chi connectivity index (χ1) is 9.64. The minimum Gasteiger partial charge on any atom is -0.490 e. The molecule has 0 amide bonds. The van der Waals surface area contributed by atoms with Gasteiger partial charge in [-0.25, -0.2) is 0 Å². The molecule has 1 aromatic rings. The van der Waals surface area contributed by atoms with Gasteiger partial charge in [-0.2, -0.15) is 0 Å².